The lowest BCUT2D eigenvalue weighted by Gasteiger charge is -2.08. The van der Waals surface area contributed by atoms with Gasteiger partial charge in [0.2, 0.25) is 5.91 Å². The van der Waals surface area contributed by atoms with Crippen LogP contribution in [0.1, 0.15) is 19.8 Å². The molecule has 0 aliphatic carbocycles. The maximum absolute atomic E-state index is 10.8. The van der Waals surface area contributed by atoms with E-state index in [9.17, 15) is 4.79 Å². The molecule has 0 aromatic carbocycles. The Bertz CT molecular complexity index is 158. The number of amides is 1. The number of rotatable bonds is 4. The molecule has 0 spiro atoms. The second-order valence-corrected chi connectivity index (χ2v) is 2.37. The SMILES string of the molecule is CCC(CN)CC(=O)NC#N. The van der Waals surface area contributed by atoms with E-state index < -0.39 is 0 Å². The fourth-order valence-corrected chi connectivity index (χ4v) is 0.770. The molecule has 0 aromatic heterocycles. The van der Waals surface area contributed by atoms with Crippen LogP contribution in [0.15, 0.2) is 0 Å². The third-order valence-electron chi connectivity index (χ3n) is 1.58. The Balaban J connectivity index is 3.64. The number of hydrogen-bond acceptors (Lipinski definition) is 3. The standard InChI is InChI=1S/C7H13N3O/c1-2-6(4-8)3-7(11)10-5-9/h6H,2-4,8H2,1H3,(H,10,11). The lowest BCUT2D eigenvalue weighted by Crippen LogP contribution is -2.24. The predicted octanol–water partition coefficient (Wildman–Crippen LogP) is -0.0413. The largest absolute Gasteiger partial charge is 0.330 e. The highest BCUT2D eigenvalue weighted by Crippen LogP contribution is 2.04. The van der Waals surface area contributed by atoms with Gasteiger partial charge in [-0.3, -0.25) is 10.1 Å². The molecule has 1 unspecified atom stereocenters. The van der Waals surface area contributed by atoms with Gasteiger partial charge in [-0.15, -0.1) is 0 Å². The van der Waals surface area contributed by atoms with Crippen molar-refractivity contribution in [3.8, 4) is 6.19 Å². The molecule has 1 amide bonds. The van der Waals surface area contributed by atoms with E-state index in [1.54, 1.807) is 6.19 Å². The van der Waals surface area contributed by atoms with Gasteiger partial charge in [0.15, 0.2) is 6.19 Å². The van der Waals surface area contributed by atoms with E-state index in [2.05, 4.69) is 5.32 Å². The van der Waals surface area contributed by atoms with Gasteiger partial charge in [0.05, 0.1) is 0 Å². The highest BCUT2D eigenvalue weighted by Gasteiger charge is 2.08. The fourth-order valence-electron chi connectivity index (χ4n) is 0.770. The Morgan fingerprint density at radius 2 is 2.45 bits per heavy atom. The van der Waals surface area contributed by atoms with Crippen LogP contribution in [0.2, 0.25) is 0 Å². The lowest BCUT2D eigenvalue weighted by molar-refractivity contribution is -0.120. The average Bonchev–Trinajstić information content (AvgIpc) is 2.01. The van der Waals surface area contributed by atoms with Crippen LogP contribution in [0.5, 0.6) is 0 Å². The molecule has 0 rings (SSSR count). The van der Waals surface area contributed by atoms with Crippen molar-refractivity contribution in [3.05, 3.63) is 0 Å². The quantitative estimate of drug-likeness (QED) is 0.441. The van der Waals surface area contributed by atoms with Gasteiger partial charge >= 0.3 is 0 Å². The second-order valence-electron chi connectivity index (χ2n) is 2.37. The average molecular weight is 155 g/mol. The third-order valence-corrected chi connectivity index (χ3v) is 1.58. The first-order valence-electron chi connectivity index (χ1n) is 3.62. The van der Waals surface area contributed by atoms with Gasteiger partial charge in [-0.25, -0.2) is 0 Å². The summed E-state index contributed by atoms with van der Waals surface area (Å²) in [5.74, 6) is -0.0480. The topological polar surface area (TPSA) is 78.9 Å². The summed E-state index contributed by atoms with van der Waals surface area (Å²) in [6, 6.07) is 0. The van der Waals surface area contributed by atoms with Crippen molar-refractivity contribution in [1.82, 2.24) is 5.32 Å². The van der Waals surface area contributed by atoms with Gasteiger partial charge in [0.25, 0.3) is 0 Å². The van der Waals surface area contributed by atoms with Gasteiger partial charge in [-0.2, -0.15) is 5.26 Å². The summed E-state index contributed by atoms with van der Waals surface area (Å²) in [4.78, 5) is 10.8. The molecule has 0 heterocycles. The van der Waals surface area contributed by atoms with E-state index in [1.165, 1.54) is 0 Å². The summed E-state index contributed by atoms with van der Waals surface area (Å²) in [5.41, 5.74) is 5.36. The van der Waals surface area contributed by atoms with Gasteiger partial charge in [0, 0.05) is 6.42 Å². The molecule has 3 N–H and O–H groups in total. The molecule has 0 saturated carbocycles. The van der Waals surface area contributed by atoms with Crippen molar-refractivity contribution in [2.45, 2.75) is 19.8 Å². The number of nitrogens with zero attached hydrogens (tertiary/aromatic N) is 1. The summed E-state index contributed by atoms with van der Waals surface area (Å²) in [7, 11) is 0. The molecule has 0 saturated heterocycles. The molecule has 0 radical (unpaired) electrons. The van der Waals surface area contributed by atoms with E-state index >= 15 is 0 Å². The molecule has 0 aliphatic rings. The first-order valence-corrected chi connectivity index (χ1v) is 3.62. The van der Waals surface area contributed by atoms with Crippen LogP contribution < -0.4 is 11.1 Å². The van der Waals surface area contributed by atoms with Gasteiger partial charge in [0.1, 0.15) is 0 Å². The zero-order chi connectivity index (χ0) is 8.69. The number of hydrogen-bond donors (Lipinski definition) is 2. The Morgan fingerprint density at radius 3 is 2.82 bits per heavy atom. The minimum absolute atomic E-state index is 0.198. The molecular formula is C7H13N3O. The Morgan fingerprint density at radius 1 is 1.82 bits per heavy atom. The van der Waals surface area contributed by atoms with Crippen molar-refractivity contribution in [2.75, 3.05) is 6.54 Å². The summed E-state index contributed by atoms with van der Waals surface area (Å²) >= 11 is 0. The van der Waals surface area contributed by atoms with Crippen molar-refractivity contribution in [3.63, 3.8) is 0 Å². The smallest absolute Gasteiger partial charge is 0.233 e. The number of nitrogens with two attached hydrogens (primary N) is 1. The Labute approximate surface area is 66.4 Å². The molecule has 62 valence electrons. The minimum Gasteiger partial charge on any atom is -0.330 e. The van der Waals surface area contributed by atoms with Crippen molar-refractivity contribution < 1.29 is 4.79 Å². The van der Waals surface area contributed by atoms with Crippen molar-refractivity contribution >= 4 is 5.91 Å². The summed E-state index contributed by atoms with van der Waals surface area (Å²) in [6.07, 6.45) is 2.80. The second kappa shape index (κ2) is 5.69. The van der Waals surface area contributed by atoms with Crippen LogP contribution >= 0.6 is 0 Å². The molecule has 0 fully saturated rings. The summed E-state index contributed by atoms with van der Waals surface area (Å²) in [6.45, 7) is 2.46. The molecular weight excluding hydrogens is 142 g/mol. The molecule has 1 atom stereocenters. The number of nitriles is 1. The Hall–Kier alpha value is -1.08. The first kappa shape index (κ1) is 9.92. The van der Waals surface area contributed by atoms with Crippen LogP contribution in [-0.4, -0.2) is 12.5 Å². The van der Waals surface area contributed by atoms with E-state index in [-0.39, 0.29) is 11.8 Å². The van der Waals surface area contributed by atoms with Crippen LogP contribution in [0.25, 0.3) is 0 Å². The highest BCUT2D eigenvalue weighted by atomic mass is 16.1. The molecule has 4 nitrogen and oxygen atoms in total. The zero-order valence-corrected chi connectivity index (χ0v) is 6.63. The van der Waals surface area contributed by atoms with Crippen LogP contribution in [-0.2, 0) is 4.79 Å². The monoisotopic (exact) mass is 155 g/mol. The molecule has 11 heavy (non-hydrogen) atoms. The van der Waals surface area contributed by atoms with Crippen molar-refractivity contribution in [1.29, 1.82) is 5.26 Å². The van der Waals surface area contributed by atoms with Gasteiger partial charge in [-0.05, 0) is 12.5 Å². The van der Waals surface area contributed by atoms with Crippen molar-refractivity contribution in [2.24, 2.45) is 11.7 Å². The fraction of sp³-hybridized carbons (Fsp3) is 0.714. The normalized spacial score (nSPS) is 11.7. The molecule has 0 bridgehead atoms. The number of carbonyl (C=O) groups excluding carboxylic acids is 1. The summed E-state index contributed by atoms with van der Waals surface area (Å²) in [5, 5.41) is 10.1. The van der Waals surface area contributed by atoms with Crippen LogP contribution in [0, 0.1) is 17.4 Å². The molecule has 0 aliphatic heterocycles. The Kier molecular flexibility index (Phi) is 5.13. The van der Waals surface area contributed by atoms with Crippen LogP contribution in [0.3, 0.4) is 0 Å². The minimum atomic E-state index is -0.246. The van der Waals surface area contributed by atoms with Gasteiger partial charge < -0.3 is 5.73 Å². The van der Waals surface area contributed by atoms with E-state index in [0.717, 1.165) is 6.42 Å². The van der Waals surface area contributed by atoms with E-state index in [1.807, 2.05) is 6.92 Å². The van der Waals surface area contributed by atoms with E-state index in [4.69, 9.17) is 11.0 Å². The third kappa shape index (κ3) is 4.34. The summed E-state index contributed by atoms with van der Waals surface area (Å²) < 4.78 is 0. The zero-order valence-electron chi connectivity index (χ0n) is 6.63. The number of carbonyl (C=O) groups is 1. The maximum atomic E-state index is 10.8. The van der Waals surface area contributed by atoms with Crippen LogP contribution in [0.4, 0.5) is 0 Å². The predicted molar refractivity (Wildman–Crippen MR) is 41.2 cm³/mol. The molecule has 4 heteroatoms. The number of nitrogens with one attached hydrogen (secondary N) is 1. The first-order chi connectivity index (χ1) is 5.24. The molecule has 0 aromatic rings. The highest BCUT2D eigenvalue weighted by molar-refractivity contribution is 5.77. The maximum Gasteiger partial charge on any atom is 0.233 e. The van der Waals surface area contributed by atoms with Gasteiger partial charge in [-0.1, -0.05) is 13.3 Å². The lowest BCUT2D eigenvalue weighted by atomic mass is 10.0. The van der Waals surface area contributed by atoms with E-state index in [0.29, 0.717) is 13.0 Å².